The van der Waals surface area contributed by atoms with Crippen molar-refractivity contribution in [2.75, 3.05) is 57.4 Å². The van der Waals surface area contributed by atoms with Crippen molar-refractivity contribution >= 4 is 22.6 Å². The van der Waals surface area contributed by atoms with E-state index in [9.17, 15) is 4.79 Å². The van der Waals surface area contributed by atoms with Crippen molar-refractivity contribution in [3.63, 3.8) is 0 Å². The third-order valence-electron chi connectivity index (χ3n) is 7.13. The van der Waals surface area contributed by atoms with Crippen LogP contribution in [-0.4, -0.2) is 78.2 Å². The Kier molecular flexibility index (Phi) is 6.40. The number of benzene rings is 3. The van der Waals surface area contributed by atoms with Gasteiger partial charge in [-0.15, -0.1) is 0 Å². The first-order chi connectivity index (χ1) is 17.7. The number of imidazole rings is 1. The zero-order valence-corrected chi connectivity index (χ0v) is 20.4. The highest BCUT2D eigenvalue weighted by molar-refractivity contribution is 5.97. The van der Waals surface area contributed by atoms with Gasteiger partial charge in [0.1, 0.15) is 5.82 Å². The first-order valence-corrected chi connectivity index (χ1v) is 12.7. The van der Waals surface area contributed by atoms with Gasteiger partial charge < -0.3 is 19.5 Å². The molecule has 36 heavy (non-hydrogen) atoms. The molecule has 0 bridgehead atoms. The van der Waals surface area contributed by atoms with Gasteiger partial charge in [0.15, 0.2) is 0 Å². The highest BCUT2D eigenvalue weighted by Crippen LogP contribution is 2.23. The van der Waals surface area contributed by atoms with Gasteiger partial charge in [0.2, 0.25) is 0 Å². The van der Waals surface area contributed by atoms with Crippen molar-refractivity contribution < 1.29 is 9.53 Å². The molecular formula is C29H31N5O2. The van der Waals surface area contributed by atoms with Crippen LogP contribution in [0.4, 0.5) is 5.69 Å². The summed E-state index contributed by atoms with van der Waals surface area (Å²) in [5.74, 6) is 0.906. The minimum Gasteiger partial charge on any atom is -0.378 e. The first kappa shape index (κ1) is 22.8. The van der Waals surface area contributed by atoms with Crippen LogP contribution in [0.5, 0.6) is 0 Å². The molecule has 0 aliphatic carbocycles. The number of aromatic nitrogens is 2. The van der Waals surface area contributed by atoms with E-state index in [2.05, 4.69) is 44.0 Å². The second kappa shape index (κ2) is 10.1. The number of H-pyrrole nitrogens is 1. The molecule has 6 rings (SSSR count). The van der Waals surface area contributed by atoms with Crippen LogP contribution in [0.15, 0.2) is 72.8 Å². The fourth-order valence-corrected chi connectivity index (χ4v) is 5.10. The number of hydrogen-bond donors (Lipinski definition) is 1. The van der Waals surface area contributed by atoms with E-state index < -0.39 is 0 Å². The molecule has 7 nitrogen and oxygen atoms in total. The molecule has 3 aromatic carbocycles. The number of piperazine rings is 1. The molecule has 2 saturated heterocycles. The summed E-state index contributed by atoms with van der Waals surface area (Å²) in [6.07, 6.45) is 0. The summed E-state index contributed by atoms with van der Waals surface area (Å²) in [7, 11) is 0. The average Bonchev–Trinajstić information content (AvgIpc) is 3.38. The van der Waals surface area contributed by atoms with Gasteiger partial charge in [-0.05, 0) is 35.9 Å². The van der Waals surface area contributed by atoms with Crippen LogP contribution in [0.3, 0.4) is 0 Å². The normalized spacial score (nSPS) is 17.0. The maximum absolute atomic E-state index is 13.3. The summed E-state index contributed by atoms with van der Waals surface area (Å²) < 4.78 is 5.49. The van der Waals surface area contributed by atoms with Gasteiger partial charge in [0.05, 0.1) is 24.2 Å². The van der Waals surface area contributed by atoms with Gasteiger partial charge >= 0.3 is 0 Å². The number of aromatic amines is 1. The van der Waals surface area contributed by atoms with E-state index in [0.717, 1.165) is 81.4 Å². The number of rotatable bonds is 5. The molecule has 2 aliphatic rings. The Balaban J connectivity index is 1.08. The van der Waals surface area contributed by atoms with Crippen LogP contribution in [0, 0.1) is 0 Å². The standard InChI is InChI=1S/C29H31N5O2/c35-29(24-9-10-26-27(20-24)31-28(30-26)23-6-2-1-3-7-23)34-13-11-32(12-14-34)21-22-5-4-8-25(19-22)33-15-17-36-18-16-33/h1-10,19-20H,11-18,21H2,(H,30,31). The van der Waals surface area contributed by atoms with Gasteiger partial charge in [-0.25, -0.2) is 4.98 Å². The topological polar surface area (TPSA) is 64.7 Å². The largest absolute Gasteiger partial charge is 0.378 e. The summed E-state index contributed by atoms with van der Waals surface area (Å²) in [6, 6.07) is 24.6. The maximum atomic E-state index is 13.3. The lowest BCUT2D eigenvalue weighted by molar-refractivity contribution is 0.0628. The number of hydrogen-bond acceptors (Lipinski definition) is 5. The highest BCUT2D eigenvalue weighted by atomic mass is 16.5. The number of carbonyl (C=O) groups is 1. The molecule has 4 aromatic rings. The van der Waals surface area contributed by atoms with Crippen LogP contribution in [0.2, 0.25) is 0 Å². The van der Waals surface area contributed by atoms with Crippen LogP contribution < -0.4 is 4.90 Å². The minimum atomic E-state index is 0.0849. The van der Waals surface area contributed by atoms with E-state index >= 15 is 0 Å². The van der Waals surface area contributed by atoms with E-state index in [4.69, 9.17) is 4.74 Å². The number of nitrogens with zero attached hydrogens (tertiary/aromatic N) is 4. The summed E-state index contributed by atoms with van der Waals surface area (Å²) in [6.45, 7) is 7.60. The van der Waals surface area contributed by atoms with Crippen LogP contribution in [0.25, 0.3) is 22.4 Å². The lowest BCUT2D eigenvalue weighted by Gasteiger charge is -2.35. The molecule has 2 aliphatic heterocycles. The molecule has 2 fully saturated rings. The number of ether oxygens (including phenoxy) is 1. The Morgan fingerprint density at radius 3 is 2.47 bits per heavy atom. The SMILES string of the molecule is O=C(c1ccc2nc(-c3ccccc3)[nH]c2c1)N1CCN(Cc2cccc(N3CCOCC3)c2)CC1. The van der Waals surface area contributed by atoms with Gasteiger partial charge in [-0.1, -0.05) is 42.5 Å². The Hall–Kier alpha value is -3.68. The molecule has 184 valence electrons. The summed E-state index contributed by atoms with van der Waals surface area (Å²) in [5, 5.41) is 0. The second-order valence-corrected chi connectivity index (χ2v) is 9.52. The van der Waals surface area contributed by atoms with Gasteiger partial charge in [0.25, 0.3) is 5.91 Å². The van der Waals surface area contributed by atoms with E-state index in [1.807, 2.05) is 53.4 Å². The molecule has 0 unspecified atom stereocenters. The fraction of sp³-hybridized carbons (Fsp3) is 0.310. The van der Waals surface area contributed by atoms with Gasteiger partial charge in [-0.3, -0.25) is 9.69 Å². The molecule has 0 radical (unpaired) electrons. The molecule has 0 saturated carbocycles. The third-order valence-corrected chi connectivity index (χ3v) is 7.13. The summed E-state index contributed by atoms with van der Waals surface area (Å²) in [5.41, 5.74) is 6.09. The number of morpholine rings is 1. The van der Waals surface area contributed by atoms with Crippen LogP contribution >= 0.6 is 0 Å². The van der Waals surface area contributed by atoms with Crippen molar-refractivity contribution in [2.45, 2.75) is 6.54 Å². The Morgan fingerprint density at radius 2 is 1.67 bits per heavy atom. The van der Waals surface area contributed by atoms with Crippen molar-refractivity contribution in [2.24, 2.45) is 0 Å². The van der Waals surface area contributed by atoms with Crippen LogP contribution in [0.1, 0.15) is 15.9 Å². The monoisotopic (exact) mass is 481 g/mol. The van der Waals surface area contributed by atoms with E-state index in [0.29, 0.717) is 5.56 Å². The first-order valence-electron chi connectivity index (χ1n) is 12.7. The Labute approximate surface area is 211 Å². The second-order valence-electron chi connectivity index (χ2n) is 9.52. The zero-order valence-electron chi connectivity index (χ0n) is 20.4. The molecule has 0 atom stereocenters. The van der Waals surface area contributed by atoms with Crippen molar-refractivity contribution in [3.8, 4) is 11.4 Å². The van der Waals surface area contributed by atoms with E-state index in [-0.39, 0.29) is 5.91 Å². The molecule has 1 amide bonds. The third kappa shape index (κ3) is 4.85. The number of amides is 1. The highest BCUT2D eigenvalue weighted by Gasteiger charge is 2.23. The molecular weight excluding hydrogens is 450 g/mol. The number of carbonyl (C=O) groups excluding carboxylic acids is 1. The molecule has 7 heteroatoms. The lowest BCUT2D eigenvalue weighted by Crippen LogP contribution is -2.48. The average molecular weight is 482 g/mol. The number of fused-ring (bicyclic) bond motifs is 1. The smallest absolute Gasteiger partial charge is 0.254 e. The number of anilines is 1. The number of nitrogens with one attached hydrogen (secondary N) is 1. The Morgan fingerprint density at radius 1 is 0.861 bits per heavy atom. The zero-order chi connectivity index (χ0) is 24.3. The molecule has 1 N–H and O–H groups in total. The quantitative estimate of drug-likeness (QED) is 0.466. The Bertz CT molecular complexity index is 1340. The summed E-state index contributed by atoms with van der Waals surface area (Å²) >= 11 is 0. The maximum Gasteiger partial charge on any atom is 0.254 e. The molecule has 3 heterocycles. The predicted octanol–water partition coefficient (Wildman–Crippen LogP) is 4.02. The minimum absolute atomic E-state index is 0.0849. The molecule has 1 aromatic heterocycles. The van der Waals surface area contributed by atoms with Gasteiger partial charge in [0, 0.05) is 62.6 Å². The van der Waals surface area contributed by atoms with Crippen molar-refractivity contribution in [3.05, 3.63) is 83.9 Å². The predicted molar refractivity (Wildman–Crippen MR) is 142 cm³/mol. The van der Waals surface area contributed by atoms with Crippen molar-refractivity contribution in [1.29, 1.82) is 0 Å². The van der Waals surface area contributed by atoms with Crippen LogP contribution in [-0.2, 0) is 11.3 Å². The van der Waals surface area contributed by atoms with Gasteiger partial charge in [-0.2, -0.15) is 0 Å². The van der Waals surface area contributed by atoms with E-state index in [1.54, 1.807) is 0 Å². The van der Waals surface area contributed by atoms with Crippen molar-refractivity contribution in [1.82, 2.24) is 19.8 Å². The fourth-order valence-electron chi connectivity index (χ4n) is 5.10. The lowest BCUT2D eigenvalue weighted by atomic mass is 10.1. The summed E-state index contributed by atoms with van der Waals surface area (Å²) in [4.78, 5) is 28.1. The van der Waals surface area contributed by atoms with E-state index in [1.165, 1.54) is 11.3 Å². The molecule has 0 spiro atoms.